The number of piperazine rings is 1. The van der Waals surface area contributed by atoms with Crippen molar-refractivity contribution in [2.75, 3.05) is 13.1 Å². The maximum Gasteiger partial charge on any atom is 0.222 e. The number of piperidine rings is 1. The third-order valence-electron chi connectivity index (χ3n) is 5.61. The smallest absolute Gasteiger partial charge is 0.222 e. The molecule has 0 N–H and O–H groups in total. The Morgan fingerprint density at radius 2 is 1.89 bits per heavy atom. The van der Waals surface area contributed by atoms with Crippen molar-refractivity contribution in [3.05, 3.63) is 0 Å². The molecule has 1 amide bonds. The number of likely N-dealkylation sites (tertiary alicyclic amines) is 1. The Balaban J connectivity index is 1.48. The molecule has 0 aromatic rings. The molecule has 3 aliphatic heterocycles. The summed E-state index contributed by atoms with van der Waals surface area (Å²) < 4.78 is 0. The van der Waals surface area contributed by atoms with E-state index in [0.29, 0.717) is 29.4 Å². The van der Waals surface area contributed by atoms with Gasteiger partial charge in [-0.05, 0) is 31.6 Å². The van der Waals surface area contributed by atoms with E-state index in [9.17, 15) is 4.79 Å². The standard InChI is InChI=1S/C16H28N2O/c1-4-16-8-13-10-17(11-14(9-16)18(13)16)15(19)7-5-6-12(2)3/h12-14H,4-11H2,1-3H3/t13-,14+,16?. The van der Waals surface area contributed by atoms with Crippen LogP contribution in [0, 0.1) is 5.92 Å². The van der Waals surface area contributed by atoms with Gasteiger partial charge in [0.2, 0.25) is 5.91 Å². The summed E-state index contributed by atoms with van der Waals surface area (Å²) in [6.07, 6.45) is 6.95. The molecule has 0 aromatic heterocycles. The molecule has 108 valence electrons. The van der Waals surface area contributed by atoms with Gasteiger partial charge in [-0.3, -0.25) is 9.69 Å². The predicted octanol–water partition coefficient (Wildman–Crippen LogP) is 2.65. The van der Waals surface area contributed by atoms with Crippen molar-refractivity contribution in [2.24, 2.45) is 5.92 Å². The van der Waals surface area contributed by atoms with E-state index < -0.39 is 0 Å². The Bertz CT molecular complexity index is 350. The monoisotopic (exact) mass is 264 g/mol. The van der Waals surface area contributed by atoms with E-state index in [4.69, 9.17) is 0 Å². The van der Waals surface area contributed by atoms with Crippen LogP contribution in [0.15, 0.2) is 0 Å². The lowest BCUT2D eigenvalue weighted by molar-refractivity contribution is -0.232. The molecule has 0 aliphatic carbocycles. The Hall–Kier alpha value is -0.570. The molecule has 3 fully saturated rings. The van der Waals surface area contributed by atoms with Gasteiger partial charge in [0.25, 0.3) is 0 Å². The average Bonchev–Trinajstić information content (AvgIpc) is 2.30. The first-order chi connectivity index (χ1) is 9.05. The predicted molar refractivity (Wildman–Crippen MR) is 76.9 cm³/mol. The van der Waals surface area contributed by atoms with E-state index in [0.717, 1.165) is 25.9 Å². The topological polar surface area (TPSA) is 23.6 Å². The molecule has 3 heteroatoms. The summed E-state index contributed by atoms with van der Waals surface area (Å²) in [4.78, 5) is 17.1. The lowest BCUT2D eigenvalue weighted by Crippen LogP contribution is -2.84. The fourth-order valence-electron chi connectivity index (χ4n) is 4.60. The highest BCUT2D eigenvalue weighted by molar-refractivity contribution is 5.76. The first-order valence-electron chi connectivity index (χ1n) is 8.12. The molecular formula is C16H28N2O. The SMILES string of the molecule is CCC12C[C@H]3CN(C(=O)CCCC(C)C)C[C@@H](C1)N32. The molecule has 1 unspecified atom stereocenters. The first kappa shape index (κ1) is 13.4. The minimum absolute atomic E-state index is 0.404. The van der Waals surface area contributed by atoms with Crippen molar-refractivity contribution >= 4 is 5.91 Å². The molecule has 0 radical (unpaired) electrons. The van der Waals surface area contributed by atoms with Gasteiger partial charge in [0.05, 0.1) is 0 Å². The Morgan fingerprint density at radius 1 is 1.26 bits per heavy atom. The van der Waals surface area contributed by atoms with Crippen LogP contribution in [0.4, 0.5) is 0 Å². The third-order valence-corrected chi connectivity index (χ3v) is 5.61. The van der Waals surface area contributed by atoms with Crippen LogP contribution in [-0.2, 0) is 4.79 Å². The zero-order chi connectivity index (χ0) is 13.6. The van der Waals surface area contributed by atoms with E-state index >= 15 is 0 Å². The summed E-state index contributed by atoms with van der Waals surface area (Å²) >= 11 is 0. The van der Waals surface area contributed by atoms with Crippen molar-refractivity contribution < 1.29 is 4.79 Å². The largest absolute Gasteiger partial charge is 0.340 e. The van der Waals surface area contributed by atoms with Crippen LogP contribution in [-0.4, -0.2) is 46.4 Å². The fourth-order valence-corrected chi connectivity index (χ4v) is 4.60. The third kappa shape index (κ3) is 2.10. The highest BCUT2D eigenvalue weighted by atomic mass is 16.2. The van der Waals surface area contributed by atoms with Gasteiger partial charge in [0, 0.05) is 37.1 Å². The van der Waals surface area contributed by atoms with Crippen molar-refractivity contribution in [3.8, 4) is 0 Å². The molecule has 3 atom stereocenters. The second-order valence-corrected chi connectivity index (χ2v) is 7.29. The minimum atomic E-state index is 0.404. The van der Waals surface area contributed by atoms with E-state index in [-0.39, 0.29) is 0 Å². The Kier molecular flexibility index (Phi) is 3.36. The van der Waals surface area contributed by atoms with Gasteiger partial charge < -0.3 is 4.90 Å². The number of amides is 1. The molecule has 3 aliphatic rings. The quantitative estimate of drug-likeness (QED) is 0.762. The number of carbonyl (C=O) groups is 1. The Morgan fingerprint density at radius 3 is 2.42 bits per heavy atom. The van der Waals surface area contributed by atoms with Gasteiger partial charge in [-0.1, -0.05) is 27.2 Å². The summed E-state index contributed by atoms with van der Waals surface area (Å²) in [6.45, 7) is 8.78. The summed E-state index contributed by atoms with van der Waals surface area (Å²) in [5.74, 6) is 1.12. The zero-order valence-electron chi connectivity index (χ0n) is 12.7. The molecule has 0 spiro atoms. The Labute approximate surface area is 117 Å². The van der Waals surface area contributed by atoms with E-state index in [2.05, 4.69) is 30.6 Å². The van der Waals surface area contributed by atoms with Gasteiger partial charge in [0.1, 0.15) is 0 Å². The average molecular weight is 264 g/mol. The molecule has 0 bridgehead atoms. The van der Waals surface area contributed by atoms with Crippen molar-refractivity contribution in [1.82, 2.24) is 9.80 Å². The molecule has 19 heavy (non-hydrogen) atoms. The molecule has 3 rings (SSSR count). The number of rotatable bonds is 5. The molecule has 0 saturated carbocycles. The summed E-state index contributed by atoms with van der Waals surface area (Å²) in [7, 11) is 0. The second kappa shape index (κ2) is 4.76. The van der Waals surface area contributed by atoms with Crippen LogP contribution in [0.25, 0.3) is 0 Å². The van der Waals surface area contributed by atoms with Crippen LogP contribution < -0.4 is 0 Å². The van der Waals surface area contributed by atoms with E-state index in [1.807, 2.05) is 0 Å². The van der Waals surface area contributed by atoms with Crippen LogP contribution in [0.1, 0.15) is 59.3 Å². The number of nitrogens with zero attached hydrogens (tertiary/aromatic N) is 2. The van der Waals surface area contributed by atoms with Crippen molar-refractivity contribution in [3.63, 3.8) is 0 Å². The zero-order valence-corrected chi connectivity index (χ0v) is 12.7. The molecule has 0 aromatic carbocycles. The van der Waals surface area contributed by atoms with Crippen molar-refractivity contribution in [1.29, 1.82) is 0 Å². The number of carbonyl (C=O) groups excluding carboxylic acids is 1. The van der Waals surface area contributed by atoms with Gasteiger partial charge >= 0.3 is 0 Å². The van der Waals surface area contributed by atoms with E-state index in [1.54, 1.807) is 0 Å². The minimum Gasteiger partial charge on any atom is -0.340 e. The fraction of sp³-hybridized carbons (Fsp3) is 0.938. The van der Waals surface area contributed by atoms with Gasteiger partial charge in [-0.25, -0.2) is 0 Å². The molecule has 3 saturated heterocycles. The van der Waals surface area contributed by atoms with Gasteiger partial charge in [-0.15, -0.1) is 0 Å². The van der Waals surface area contributed by atoms with Crippen LogP contribution >= 0.6 is 0 Å². The highest BCUT2D eigenvalue weighted by Gasteiger charge is 2.64. The molecular weight excluding hydrogens is 236 g/mol. The maximum absolute atomic E-state index is 12.3. The summed E-state index contributed by atoms with van der Waals surface area (Å²) in [5, 5.41) is 0. The highest BCUT2D eigenvalue weighted by Crippen LogP contribution is 2.55. The van der Waals surface area contributed by atoms with Gasteiger partial charge in [-0.2, -0.15) is 0 Å². The molecule has 3 nitrogen and oxygen atoms in total. The first-order valence-corrected chi connectivity index (χ1v) is 8.12. The lowest BCUT2D eigenvalue weighted by atomic mass is 9.61. The van der Waals surface area contributed by atoms with Crippen LogP contribution in [0.5, 0.6) is 0 Å². The summed E-state index contributed by atoms with van der Waals surface area (Å²) in [6, 6.07) is 1.36. The number of hydrogen-bond donors (Lipinski definition) is 0. The van der Waals surface area contributed by atoms with Crippen molar-refractivity contribution in [2.45, 2.75) is 76.9 Å². The number of hydrogen-bond acceptors (Lipinski definition) is 2. The lowest BCUT2D eigenvalue weighted by Gasteiger charge is -2.74. The second-order valence-electron chi connectivity index (χ2n) is 7.29. The normalized spacial score (nSPS) is 36.7. The summed E-state index contributed by atoms with van der Waals surface area (Å²) in [5.41, 5.74) is 0.558. The van der Waals surface area contributed by atoms with E-state index in [1.165, 1.54) is 25.7 Å². The van der Waals surface area contributed by atoms with Crippen LogP contribution in [0.3, 0.4) is 0 Å². The van der Waals surface area contributed by atoms with Crippen LogP contribution in [0.2, 0.25) is 0 Å². The van der Waals surface area contributed by atoms with Gasteiger partial charge in [0.15, 0.2) is 0 Å². The molecule has 3 heterocycles. The maximum atomic E-state index is 12.3.